The highest BCUT2D eigenvalue weighted by Gasteiger charge is 2.13. The molecule has 0 aliphatic rings. The van der Waals surface area contributed by atoms with Gasteiger partial charge in [0, 0.05) is 18.8 Å². The summed E-state index contributed by atoms with van der Waals surface area (Å²) in [4.78, 5) is 10.9. The molecule has 0 saturated heterocycles. The molecule has 19 heavy (non-hydrogen) atoms. The third-order valence-electron chi connectivity index (χ3n) is 2.72. The summed E-state index contributed by atoms with van der Waals surface area (Å²) in [6.07, 6.45) is 0.341. The van der Waals surface area contributed by atoms with Crippen LogP contribution in [0.3, 0.4) is 0 Å². The van der Waals surface area contributed by atoms with E-state index < -0.39 is 18.8 Å². The van der Waals surface area contributed by atoms with E-state index in [9.17, 15) is 13.6 Å². The summed E-state index contributed by atoms with van der Waals surface area (Å²) in [7, 11) is 0. The first-order chi connectivity index (χ1) is 9.06. The predicted octanol–water partition coefficient (Wildman–Crippen LogP) is 2.44. The highest BCUT2D eigenvalue weighted by molar-refractivity contribution is 5.87. The maximum Gasteiger partial charge on any atom is 0.335 e. The van der Waals surface area contributed by atoms with Gasteiger partial charge in [-0.15, -0.1) is 0 Å². The molecule has 0 aliphatic heterocycles. The summed E-state index contributed by atoms with van der Waals surface area (Å²) >= 11 is 0. The zero-order valence-electron chi connectivity index (χ0n) is 9.96. The molecule has 2 rings (SSSR count). The molecule has 4 nitrogen and oxygen atoms in total. The number of aromatic nitrogens is 2. The Bertz CT molecular complexity index is 568. The number of nitrogens with zero attached hydrogens (tertiary/aromatic N) is 2. The van der Waals surface area contributed by atoms with E-state index in [1.54, 1.807) is 29.2 Å². The topological polar surface area (TPSA) is 55.1 Å². The Labute approximate surface area is 108 Å². The third kappa shape index (κ3) is 3.37. The molecule has 1 heterocycles. The lowest BCUT2D eigenvalue weighted by molar-refractivity contribution is 0.0696. The fourth-order valence-electron chi connectivity index (χ4n) is 1.84. The first kappa shape index (κ1) is 13.2. The minimum Gasteiger partial charge on any atom is -0.478 e. The Morgan fingerprint density at radius 3 is 2.74 bits per heavy atom. The van der Waals surface area contributed by atoms with E-state index in [0.717, 1.165) is 0 Å². The van der Waals surface area contributed by atoms with Gasteiger partial charge in [-0.05, 0) is 29.3 Å². The highest BCUT2D eigenvalue weighted by atomic mass is 19.3. The maximum absolute atomic E-state index is 12.5. The molecule has 1 N–H and O–H groups in total. The average Bonchev–Trinajstić information content (AvgIpc) is 2.83. The van der Waals surface area contributed by atoms with Crippen LogP contribution in [0.15, 0.2) is 36.7 Å². The monoisotopic (exact) mass is 266 g/mol. The van der Waals surface area contributed by atoms with E-state index in [1.165, 1.54) is 12.1 Å². The van der Waals surface area contributed by atoms with Gasteiger partial charge in [0.25, 0.3) is 0 Å². The van der Waals surface area contributed by atoms with Crippen LogP contribution in [0.25, 0.3) is 0 Å². The Morgan fingerprint density at radius 2 is 2.16 bits per heavy atom. The molecule has 0 bridgehead atoms. The van der Waals surface area contributed by atoms with Crippen LogP contribution in [0.5, 0.6) is 0 Å². The molecule has 1 aromatic heterocycles. The standard InChI is InChI=1S/C13H12F2N2O2/c14-12(15)7-11-6-9(13(18)19)2-3-10(11)8-17-5-1-4-16-17/h1-6,12H,7-8H2,(H,18,19). The minimum atomic E-state index is -2.51. The number of benzene rings is 1. The summed E-state index contributed by atoms with van der Waals surface area (Å²) in [5, 5.41) is 12.9. The van der Waals surface area contributed by atoms with Gasteiger partial charge in [-0.25, -0.2) is 13.6 Å². The van der Waals surface area contributed by atoms with Crippen LogP contribution in [0.2, 0.25) is 0 Å². The highest BCUT2D eigenvalue weighted by Crippen LogP contribution is 2.17. The fraction of sp³-hybridized carbons (Fsp3) is 0.231. The van der Waals surface area contributed by atoms with Crippen molar-refractivity contribution in [2.24, 2.45) is 0 Å². The maximum atomic E-state index is 12.5. The number of alkyl halides is 2. The lowest BCUT2D eigenvalue weighted by Crippen LogP contribution is -2.08. The van der Waals surface area contributed by atoms with Gasteiger partial charge in [0.15, 0.2) is 0 Å². The van der Waals surface area contributed by atoms with E-state index >= 15 is 0 Å². The smallest absolute Gasteiger partial charge is 0.335 e. The van der Waals surface area contributed by atoms with Crippen molar-refractivity contribution in [1.82, 2.24) is 9.78 Å². The van der Waals surface area contributed by atoms with E-state index in [0.29, 0.717) is 17.7 Å². The van der Waals surface area contributed by atoms with Gasteiger partial charge in [0.1, 0.15) is 0 Å². The summed E-state index contributed by atoms with van der Waals surface area (Å²) in [5.74, 6) is -1.12. The predicted molar refractivity (Wildman–Crippen MR) is 64.4 cm³/mol. The van der Waals surface area contributed by atoms with Crippen molar-refractivity contribution < 1.29 is 18.7 Å². The van der Waals surface area contributed by atoms with Gasteiger partial charge in [0.05, 0.1) is 12.1 Å². The van der Waals surface area contributed by atoms with E-state index in [4.69, 9.17) is 5.11 Å². The third-order valence-corrected chi connectivity index (χ3v) is 2.72. The molecule has 100 valence electrons. The molecule has 1 aromatic carbocycles. The largest absolute Gasteiger partial charge is 0.478 e. The number of hydrogen-bond donors (Lipinski definition) is 1. The summed E-state index contributed by atoms with van der Waals surface area (Å²) < 4.78 is 26.7. The van der Waals surface area contributed by atoms with Gasteiger partial charge >= 0.3 is 5.97 Å². The van der Waals surface area contributed by atoms with Gasteiger partial charge in [-0.3, -0.25) is 4.68 Å². The summed E-state index contributed by atoms with van der Waals surface area (Å²) in [6, 6.07) is 6.00. The molecule has 0 spiro atoms. The molecule has 0 saturated carbocycles. The van der Waals surface area contributed by atoms with Crippen LogP contribution in [0, 0.1) is 0 Å². The van der Waals surface area contributed by atoms with Crippen LogP contribution < -0.4 is 0 Å². The minimum absolute atomic E-state index is 0.0138. The number of aromatic carboxylic acids is 1. The number of halogens is 2. The summed E-state index contributed by atoms with van der Waals surface area (Å²) in [5.41, 5.74) is 0.999. The summed E-state index contributed by atoms with van der Waals surface area (Å²) in [6.45, 7) is 0.342. The Hall–Kier alpha value is -2.24. The Kier molecular flexibility index (Phi) is 3.89. The second kappa shape index (κ2) is 5.60. The normalized spacial score (nSPS) is 10.9. The number of carboxylic acid groups (broad SMARTS) is 1. The molecule has 0 aliphatic carbocycles. The molecule has 0 amide bonds. The van der Waals surface area contributed by atoms with E-state index in [2.05, 4.69) is 5.10 Å². The second-order valence-electron chi connectivity index (χ2n) is 4.09. The van der Waals surface area contributed by atoms with E-state index in [-0.39, 0.29) is 5.56 Å². The first-order valence-corrected chi connectivity index (χ1v) is 5.67. The number of hydrogen-bond acceptors (Lipinski definition) is 2. The zero-order valence-corrected chi connectivity index (χ0v) is 9.96. The number of rotatable bonds is 5. The first-order valence-electron chi connectivity index (χ1n) is 5.67. The van der Waals surface area contributed by atoms with Gasteiger partial charge in [0.2, 0.25) is 6.43 Å². The zero-order chi connectivity index (χ0) is 13.8. The van der Waals surface area contributed by atoms with Crippen LogP contribution in [-0.4, -0.2) is 27.3 Å². The van der Waals surface area contributed by atoms with Crippen molar-refractivity contribution in [3.63, 3.8) is 0 Å². The molecule has 2 aromatic rings. The molecule has 0 radical (unpaired) electrons. The molecule has 6 heteroatoms. The Balaban J connectivity index is 2.32. The van der Waals surface area contributed by atoms with Crippen molar-refractivity contribution in [2.75, 3.05) is 0 Å². The number of carbonyl (C=O) groups is 1. The average molecular weight is 266 g/mol. The van der Waals surface area contributed by atoms with Crippen LogP contribution in [0.4, 0.5) is 8.78 Å². The lowest BCUT2D eigenvalue weighted by atomic mass is 10.0. The number of carboxylic acids is 1. The second-order valence-corrected chi connectivity index (χ2v) is 4.09. The van der Waals surface area contributed by atoms with Gasteiger partial charge in [-0.1, -0.05) is 6.07 Å². The van der Waals surface area contributed by atoms with Gasteiger partial charge in [-0.2, -0.15) is 5.10 Å². The molecule has 0 fully saturated rings. The van der Waals surface area contributed by atoms with Crippen LogP contribution in [-0.2, 0) is 13.0 Å². The van der Waals surface area contributed by atoms with E-state index in [1.807, 2.05) is 0 Å². The van der Waals surface area contributed by atoms with Crippen molar-refractivity contribution in [3.8, 4) is 0 Å². The van der Waals surface area contributed by atoms with Crippen LogP contribution >= 0.6 is 0 Å². The van der Waals surface area contributed by atoms with Crippen molar-refractivity contribution in [3.05, 3.63) is 53.3 Å². The van der Waals surface area contributed by atoms with Crippen molar-refractivity contribution >= 4 is 5.97 Å². The van der Waals surface area contributed by atoms with Crippen LogP contribution in [0.1, 0.15) is 21.5 Å². The van der Waals surface area contributed by atoms with Crippen molar-refractivity contribution in [2.45, 2.75) is 19.4 Å². The molecular weight excluding hydrogens is 254 g/mol. The molecule has 0 atom stereocenters. The van der Waals surface area contributed by atoms with Crippen molar-refractivity contribution in [1.29, 1.82) is 0 Å². The fourth-order valence-corrected chi connectivity index (χ4v) is 1.84. The quantitative estimate of drug-likeness (QED) is 0.904. The molecule has 0 unspecified atom stereocenters. The van der Waals surface area contributed by atoms with Gasteiger partial charge < -0.3 is 5.11 Å². The SMILES string of the molecule is O=C(O)c1ccc(Cn2cccn2)c(CC(F)F)c1. The Morgan fingerprint density at radius 1 is 1.37 bits per heavy atom. The molecular formula is C13H12F2N2O2. The lowest BCUT2D eigenvalue weighted by Gasteiger charge is -2.10.